The number of piperidine rings is 1. The summed E-state index contributed by atoms with van der Waals surface area (Å²) in [5.41, 5.74) is 0. The number of rotatable bonds is 1. The van der Waals surface area contributed by atoms with E-state index in [2.05, 4.69) is 10.6 Å². The van der Waals surface area contributed by atoms with Gasteiger partial charge < -0.3 is 5.32 Å². The SMILES string of the molecule is O=N[N+]12CCCCC1CNCC2. The second kappa shape index (κ2) is 3.11. The molecule has 2 aliphatic heterocycles. The molecule has 0 aromatic rings. The zero-order valence-electron chi connectivity index (χ0n) is 7.33. The molecule has 4 heteroatoms. The van der Waals surface area contributed by atoms with Crippen LogP contribution in [0.4, 0.5) is 0 Å². The number of quaternary nitrogens is 1. The van der Waals surface area contributed by atoms with E-state index in [-0.39, 0.29) is 0 Å². The van der Waals surface area contributed by atoms with Crippen molar-refractivity contribution in [2.75, 3.05) is 26.2 Å². The molecule has 0 spiro atoms. The quantitative estimate of drug-likeness (QED) is 0.463. The average Bonchev–Trinajstić information content (AvgIpc) is 2.18. The maximum absolute atomic E-state index is 10.8. The molecule has 1 N–H and O–H groups in total. The molecule has 0 amide bonds. The third-order valence-electron chi connectivity index (χ3n) is 3.23. The molecule has 68 valence electrons. The van der Waals surface area contributed by atoms with Crippen molar-refractivity contribution in [1.82, 2.24) is 5.32 Å². The van der Waals surface area contributed by atoms with Crippen molar-refractivity contribution in [3.05, 3.63) is 4.91 Å². The van der Waals surface area contributed by atoms with Crippen LogP contribution in [0.2, 0.25) is 0 Å². The van der Waals surface area contributed by atoms with Crippen LogP contribution in [-0.4, -0.2) is 36.8 Å². The molecule has 0 aromatic carbocycles. The number of nitrogens with one attached hydrogen (secondary N) is 1. The lowest BCUT2D eigenvalue weighted by Crippen LogP contribution is -2.63. The molecular formula is C8H16N3O+. The summed E-state index contributed by atoms with van der Waals surface area (Å²) in [5, 5.41) is 6.68. The fourth-order valence-electron chi connectivity index (χ4n) is 2.44. The molecule has 0 aromatic heterocycles. The Balaban J connectivity index is 2.15. The Bertz CT molecular complexity index is 171. The van der Waals surface area contributed by atoms with Gasteiger partial charge in [-0.15, -0.1) is 0 Å². The molecule has 12 heavy (non-hydrogen) atoms. The maximum Gasteiger partial charge on any atom is 0.153 e. The van der Waals surface area contributed by atoms with E-state index < -0.39 is 0 Å². The minimum Gasteiger partial charge on any atom is -0.306 e. The summed E-state index contributed by atoms with van der Waals surface area (Å²) < 4.78 is 0.493. The van der Waals surface area contributed by atoms with Crippen LogP contribution in [0.25, 0.3) is 0 Å². The smallest absolute Gasteiger partial charge is 0.153 e. The van der Waals surface area contributed by atoms with Crippen molar-refractivity contribution in [2.24, 2.45) is 5.29 Å². The Kier molecular flexibility index (Phi) is 2.11. The summed E-state index contributed by atoms with van der Waals surface area (Å²) in [6.07, 6.45) is 3.60. The number of nitrogens with zero attached hydrogens (tertiary/aromatic N) is 2. The van der Waals surface area contributed by atoms with Gasteiger partial charge in [0.05, 0.1) is 6.54 Å². The Morgan fingerprint density at radius 2 is 2.25 bits per heavy atom. The van der Waals surface area contributed by atoms with Crippen molar-refractivity contribution >= 4 is 0 Å². The number of nitroso groups, excluding NO2 is 1. The van der Waals surface area contributed by atoms with Crippen LogP contribution >= 0.6 is 0 Å². The van der Waals surface area contributed by atoms with Crippen LogP contribution in [0.1, 0.15) is 19.3 Å². The first kappa shape index (κ1) is 8.13. The van der Waals surface area contributed by atoms with Crippen molar-refractivity contribution in [3.8, 4) is 0 Å². The van der Waals surface area contributed by atoms with Crippen LogP contribution in [0, 0.1) is 4.91 Å². The second-order valence-electron chi connectivity index (χ2n) is 3.87. The average molecular weight is 170 g/mol. The topological polar surface area (TPSA) is 41.5 Å². The van der Waals surface area contributed by atoms with Crippen LogP contribution in [0.15, 0.2) is 5.29 Å². The highest BCUT2D eigenvalue weighted by molar-refractivity contribution is 4.72. The molecule has 2 fully saturated rings. The van der Waals surface area contributed by atoms with E-state index in [9.17, 15) is 4.91 Å². The first-order chi connectivity index (χ1) is 5.87. The Morgan fingerprint density at radius 3 is 3.00 bits per heavy atom. The lowest BCUT2D eigenvalue weighted by Gasteiger charge is -2.42. The van der Waals surface area contributed by atoms with Crippen LogP contribution in [0.3, 0.4) is 0 Å². The van der Waals surface area contributed by atoms with Gasteiger partial charge in [0.2, 0.25) is 0 Å². The van der Waals surface area contributed by atoms with E-state index in [0.717, 1.165) is 26.2 Å². The largest absolute Gasteiger partial charge is 0.306 e. The first-order valence-corrected chi connectivity index (χ1v) is 4.80. The van der Waals surface area contributed by atoms with E-state index in [1.165, 1.54) is 19.3 Å². The highest BCUT2D eigenvalue weighted by atomic mass is 16.3. The molecular weight excluding hydrogens is 154 g/mol. The maximum atomic E-state index is 10.8. The van der Waals surface area contributed by atoms with E-state index in [4.69, 9.17) is 0 Å². The molecule has 4 nitrogen and oxygen atoms in total. The summed E-state index contributed by atoms with van der Waals surface area (Å²) in [4.78, 5) is 10.8. The normalized spacial score (nSPS) is 41.8. The Hall–Kier alpha value is -0.480. The molecule has 0 aliphatic carbocycles. The van der Waals surface area contributed by atoms with Gasteiger partial charge in [-0.25, -0.2) is 0 Å². The summed E-state index contributed by atoms with van der Waals surface area (Å²) >= 11 is 0. The minimum absolute atomic E-state index is 0.463. The van der Waals surface area contributed by atoms with E-state index in [1.54, 1.807) is 0 Å². The van der Waals surface area contributed by atoms with Gasteiger partial charge in [-0.05, 0) is 12.8 Å². The highest BCUT2D eigenvalue weighted by Crippen LogP contribution is 2.27. The predicted molar refractivity (Wildman–Crippen MR) is 46.3 cm³/mol. The number of hydrogen-bond donors (Lipinski definition) is 1. The summed E-state index contributed by atoms with van der Waals surface area (Å²) in [6.45, 7) is 3.79. The molecule has 2 unspecified atom stereocenters. The van der Waals surface area contributed by atoms with Crippen molar-refractivity contribution in [2.45, 2.75) is 25.3 Å². The van der Waals surface area contributed by atoms with Gasteiger partial charge in [0, 0.05) is 13.0 Å². The summed E-state index contributed by atoms with van der Waals surface area (Å²) in [5.74, 6) is 0. The van der Waals surface area contributed by atoms with E-state index in [1.807, 2.05) is 0 Å². The van der Waals surface area contributed by atoms with Crippen molar-refractivity contribution in [3.63, 3.8) is 0 Å². The minimum atomic E-state index is 0.463. The van der Waals surface area contributed by atoms with Gasteiger partial charge in [0.15, 0.2) is 5.29 Å². The van der Waals surface area contributed by atoms with Crippen molar-refractivity contribution < 1.29 is 4.59 Å². The third kappa shape index (κ3) is 1.15. The number of piperazine rings is 1. The highest BCUT2D eigenvalue weighted by Gasteiger charge is 2.43. The monoisotopic (exact) mass is 170 g/mol. The standard InChI is InChI=1S/C8H16N3O/c12-10-11-5-2-1-3-8(11)7-9-4-6-11/h8-9H,1-7H2/q+1. The third-order valence-corrected chi connectivity index (χ3v) is 3.23. The fraction of sp³-hybridized carbons (Fsp3) is 1.00. The van der Waals surface area contributed by atoms with E-state index >= 15 is 0 Å². The molecule has 0 bridgehead atoms. The lowest BCUT2D eigenvalue weighted by molar-refractivity contribution is -0.965. The summed E-state index contributed by atoms with van der Waals surface area (Å²) in [6, 6.07) is 0.463. The molecule has 2 aliphatic rings. The van der Waals surface area contributed by atoms with Crippen molar-refractivity contribution in [1.29, 1.82) is 0 Å². The van der Waals surface area contributed by atoms with Gasteiger partial charge in [-0.1, -0.05) is 4.91 Å². The second-order valence-corrected chi connectivity index (χ2v) is 3.87. The molecule has 2 saturated heterocycles. The summed E-state index contributed by atoms with van der Waals surface area (Å²) in [7, 11) is 0. The molecule has 0 saturated carbocycles. The molecule has 2 atom stereocenters. The van der Waals surface area contributed by atoms with Gasteiger partial charge >= 0.3 is 0 Å². The number of fused-ring (bicyclic) bond motifs is 1. The predicted octanol–water partition coefficient (Wildman–Crippen LogP) is 0.640. The number of hydrogen-bond acceptors (Lipinski definition) is 3. The van der Waals surface area contributed by atoms with E-state index in [0.29, 0.717) is 10.6 Å². The van der Waals surface area contributed by atoms with Crippen LogP contribution < -0.4 is 5.32 Å². The van der Waals surface area contributed by atoms with Gasteiger partial charge in [-0.2, -0.15) is 4.59 Å². The lowest BCUT2D eigenvalue weighted by atomic mass is 9.99. The molecule has 2 heterocycles. The van der Waals surface area contributed by atoms with Crippen LogP contribution in [0.5, 0.6) is 0 Å². The Labute approximate surface area is 72.5 Å². The van der Waals surface area contributed by atoms with Crippen LogP contribution in [-0.2, 0) is 0 Å². The Morgan fingerprint density at radius 1 is 1.33 bits per heavy atom. The molecule has 2 rings (SSSR count). The van der Waals surface area contributed by atoms with Gasteiger partial charge in [0.1, 0.15) is 19.1 Å². The first-order valence-electron chi connectivity index (χ1n) is 4.80. The van der Waals surface area contributed by atoms with Gasteiger partial charge in [-0.3, -0.25) is 0 Å². The zero-order chi connectivity index (χ0) is 8.44. The molecule has 0 radical (unpaired) electrons. The van der Waals surface area contributed by atoms with Gasteiger partial charge in [0.25, 0.3) is 0 Å². The zero-order valence-corrected chi connectivity index (χ0v) is 7.33. The fourth-order valence-corrected chi connectivity index (χ4v) is 2.44.